The van der Waals surface area contributed by atoms with Crippen LogP contribution >= 0.6 is 0 Å². The molecule has 1 aliphatic carbocycles. The van der Waals surface area contributed by atoms with Crippen LogP contribution in [0, 0.1) is 5.92 Å². The predicted octanol–water partition coefficient (Wildman–Crippen LogP) is 1.44. The summed E-state index contributed by atoms with van der Waals surface area (Å²) in [5.74, 6) is 1.84. The van der Waals surface area contributed by atoms with E-state index in [4.69, 9.17) is 0 Å². The maximum Gasteiger partial charge on any atom is 0.142 e. The molecule has 0 bridgehead atoms. The lowest BCUT2D eigenvalue weighted by Gasteiger charge is -2.46. The van der Waals surface area contributed by atoms with E-state index in [1.54, 1.807) is 0 Å². The third-order valence-corrected chi connectivity index (χ3v) is 4.21. The Kier molecular flexibility index (Phi) is 3.08. The van der Waals surface area contributed by atoms with Crippen LogP contribution in [-0.4, -0.2) is 39.5 Å². The molecule has 4 nitrogen and oxygen atoms in total. The smallest absolute Gasteiger partial charge is 0.142 e. The number of hydrogen-bond donors (Lipinski definition) is 1. The fourth-order valence-corrected chi connectivity index (χ4v) is 2.72. The summed E-state index contributed by atoms with van der Waals surface area (Å²) in [5.41, 5.74) is 0.185. The van der Waals surface area contributed by atoms with Crippen molar-refractivity contribution in [1.29, 1.82) is 0 Å². The van der Waals surface area contributed by atoms with Gasteiger partial charge in [0.25, 0.3) is 0 Å². The molecule has 98 valence electrons. The molecule has 2 heterocycles. The van der Waals surface area contributed by atoms with Crippen molar-refractivity contribution < 1.29 is 0 Å². The van der Waals surface area contributed by atoms with E-state index < -0.39 is 0 Å². The van der Waals surface area contributed by atoms with Crippen molar-refractivity contribution in [3.8, 4) is 0 Å². The molecule has 0 aromatic carbocycles. The molecule has 1 aromatic rings. The van der Waals surface area contributed by atoms with Gasteiger partial charge in [0.2, 0.25) is 0 Å². The molecule has 3 rings (SSSR count). The van der Waals surface area contributed by atoms with Gasteiger partial charge in [-0.05, 0) is 38.7 Å². The molecule has 2 aliphatic rings. The molecule has 1 aromatic heterocycles. The lowest BCUT2D eigenvalue weighted by atomic mass is 9.95. The number of nitrogens with zero attached hydrogens (tertiary/aromatic N) is 3. The summed E-state index contributed by atoms with van der Waals surface area (Å²) < 4.78 is 0. The first-order valence-electron chi connectivity index (χ1n) is 6.89. The number of rotatable bonds is 3. The Morgan fingerprint density at radius 2 is 2.06 bits per heavy atom. The van der Waals surface area contributed by atoms with E-state index in [0.717, 1.165) is 31.4 Å². The van der Waals surface area contributed by atoms with E-state index >= 15 is 0 Å². The van der Waals surface area contributed by atoms with Gasteiger partial charge in [-0.1, -0.05) is 0 Å². The maximum atomic E-state index is 4.35. The van der Waals surface area contributed by atoms with Crippen LogP contribution in [0.15, 0.2) is 18.5 Å². The summed E-state index contributed by atoms with van der Waals surface area (Å²) in [5, 5.41) is 3.70. The normalized spacial score (nSPS) is 28.2. The van der Waals surface area contributed by atoms with Gasteiger partial charge in [0, 0.05) is 37.1 Å². The van der Waals surface area contributed by atoms with Gasteiger partial charge >= 0.3 is 0 Å². The van der Waals surface area contributed by atoms with E-state index in [2.05, 4.69) is 34.0 Å². The zero-order valence-corrected chi connectivity index (χ0v) is 11.3. The SMILES string of the molecule is CC1(C)CNC(C2CC2)CN1Cc1ncccn1. The minimum Gasteiger partial charge on any atom is -0.311 e. The standard InChI is InChI=1S/C14H22N4/c1-14(2)10-17-12(11-4-5-11)8-18(14)9-13-15-6-3-7-16-13/h3,6-7,11-12,17H,4-5,8-10H2,1-2H3. The van der Waals surface area contributed by atoms with E-state index in [0.29, 0.717) is 6.04 Å². The van der Waals surface area contributed by atoms with Crippen LogP contribution in [0.3, 0.4) is 0 Å². The van der Waals surface area contributed by atoms with Gasteiger partial charge in [0.1, 0.15) is 5.82 Å². The van der Waals surface area contributed by atoms with Crippen molar-refractivity contribution in [2.45, 2.75) is 44.8 Å². The van der Waals surface area contributed by atoms with Gasteiger partial charge in [0.05, 0.1) is 6.54 Å². The molecule has 2 fully saturated rings. The Bertz CT molecular complexity index is 400. The Morgan fingerprint density at radius 3 is 2.72 bits per heavy atom. The average molecular weight is 246 g/mol. The first-order chi connectivity index (χ1) is 8.65. The first-order valence-corrected chi connectivity index (χ1v) is 6.89. The zero-order valence-electron chi connectivity index (χ0n) is 11.3. The number of piperazine rings is 1. The molecule has 0 radical (unpaired) electrons. The molecule has 1 saturated heterocycles. The summed E-state index contributed by atoms with van der Waals surface area (Å²) in [6.07, 6.45) is 6.45. The Morgan fingerprint density at radius 1 is 1.33 bits per heavy atom. The highest BCUT2D eigenvalue weighted by molar-refractivity contribution is 5.00. The highest BCUT2D eigenvalue weighted by Gasteiger charge is 2.40. The van der Waals surface area contributed by atoms with Crippen molar-refractivity contribution in [1.82, 2.24) is 20.2 Å². The molecule has 0 spiro atoms. The van der Waals surface area contributed by atoms with Crippen molar-refractivity contribution in [3.05, 3.63) is 24.3 Å². The third kappa shape index (κ3) is 2.54. The second-order valence-electron chi connectivity index (χ2n) is 6.18. The molecule has 1 unspecified atom stereocenters. The van der Waals surface area contributed by atoms with Gasteiger partial charge in [-0.3, -0.25) is 4.90 Å². The van der Waals surface area contributed by atoms with Crippen LogP contribution in [0.1, 0.15) is 32.5 Å². The van der Waals surface area contributed by atoms with Gasteiger partial charge < -0.3 is 5.32 Å². The molecule has 0 amide bonds. The summed E-state index contributed by atoms with van der Waals surface area (Å²) in [6, 6.07) is 2.54. The Labute approximate surface area is 109 Å². The number of hydrogen-bond acceptors (Lipinski definition) is 4. The van der Waals surface area contributed by atoms with Crippen LogP contribution in [0.4, 0.5) is 0 Å². The van der Waals surface area contributed by atoms with Crippen molar-refractivity contribution in [2.24, 2.45) is 5.92 Å². The van der Waals surface area contributed by atoms with Crippen LogP contribution in [0.5, 0.6) is 0 Å². The molecular weight excluding hydrogens is 224 g/mol. The zero-order chi connectivity index (χ0) is 12.6. The fraction of sp³-hybridized carbons (Fsp3) is 0.714. The largest absolute Gasteiger partial charge is 0.311 e. The molecule has 1 saturated carbocycles. The molecule has 18 heavy (non-hydrogen) atoms. The Hall–Kier alpha value is -1.00. The highest BCUT2D eigenvalue weighted by atomic mass is 15.3. The lowest BCUT2D eigenvalue weighted by molar-refractivity contribution is 0.0510. The monoisotopic (exact) mass is 246 g/mol. The summed E-state index contributed by atoms with van der Waals surface area (Å²) >= 11 is 0. The minimum absolute atomic E-state index is 0.185. The second kappa shape index (κ2) is 4.59. The highest BCUT2D eigenvalue weighted by Crippen LogP contribution is 2.35. The third-order valence-electron chi connectivity index (χ3n) is 4.21. The molecule has 4 heteroatoms. The first kappa shape index (κ1) is 12.1. The van der Waals surface area contributed by atoms with Gasteiger partial charge in [0.15, 0.2) is 0 Å². The molecule has 1 atom stereocenters. The van der Waals surface area contributed by atoms with Crippen LogP contribution in [-0.2, 0) is 6.54 Å². The summed E-state index contributed by atoms with van der Waals surface area (Å²) in [7, 11) is 0. The number of aromatic nitrogens is 2. The van der Waals surface area contributed by atoms with E-state index in [1.807, 2.05) is 18.5 Å². The summed E-state index contributed by atoms with van der Waals surface area (Å²) in [6.45, 7) is 7.63. The van der Waals surface area contributed by atoms with Crippen molar-refractivity contribution in [2.75, 3.05) is 13.1 Å². The van der Waals surface area contributed by atoms with Crippen molar-refractivity contribution >= 4 is 0 Å². The maximum absolute atomic E-state index is 4.35. The van der Waals surface area contributed by atoms with Gasteiger partial charge in [-0.25, -0.2) is 9.97 Å². The molecular formula is C14H22N4. The molecule has 1 N–H and O–H groups in total. The van der Waals surface area contributed by atoms with Gasteiger partial charge in [-0.2, -0.15) is 0 Å². The van der Waals surface area contributed by atoms with E-state index in [9.17, 15) is 0 Å². The fourth-order valence-electron chi connectivity index (χ4n) is 2.72. The quantitative estimate of drug-likeness (QED) is 0.876. The number of nitrogens with one attached hydrogen (secondary N) is 1. The lowest BCUT2D eigenvalue weighted by Crippen LogP contribution is -2.62. The second-order valence-corrected chi connectivity index (χ2v) is 6.18. The van der Waals surface area contributed by atoms with Crippen LogP contribution in [0.2, 0.25) is 0 Å². The topological polar surface area (TPSA) is 41.0 Å². The minimum atomic E-state index is 0.185. The van der Waals surface area contributed by atoms with E-state index in [1.165, 1.54) is 12.8 Å². The average Bonchev–Trinajstić information content (AvgIpc) is 3.17. The predicted molar refractivity (Wildman–Crippen MR) is 71.0 cm³/mol. The molecule has 1 aliphatic heterocycles. The Balaban J connectivity index is 1.70. The van der Waals surface area contributed by atoms with Gasteiger partial charge in [-0.15, -0.1) is 0 Å². The van der Waals surface area contributed by atoms with Crippen LogP contribution in [0.25, 0.3) is 0 Å². The van der Waals surface area contributed by atoms with Crippen LogP contribution < -0.4 is 5.32 Å². The van der Waals surface area contributed by atoms with E-state index in [-0.39, 0.29) is 5.54 Å². The van der Waals surface area contributed by atoms with Crippen molar-refractivity contribution in [3.63, 3.8) is 0 Å². The summed E-state index contributed by atoms with van der Waals surface area (Å²) in [4.78, 5) is 11.2.